The molecule has 0 aliphatic carbocycles. The summed E-state index contributed by atoms with van der Waals surface area (Å²) >= 11 is 2.34. The van der Waals surface area contributed by atoms with Crippen LogP contribution in [-0.2, 0) is 9.47 Å². The zero-order valence-corrected chi connectivity index (χ0v) is 25.1. The first-order chi connectivity index (χ1) is 19.4. The minimum absolute atomic E-state index is 0.0937. The van der Waals surface area contributed by atoms with E-state index in [1.165, 1.54) is 17.4 Å². The number of carbonyl (C=O) groups is 3. The van der Waals surface area contributed by atoms with Gasteiger partial charge in [0.05, 0.1) is 21.2 Å². The Hall–Kier alpha value is -3.71. The van der Waals surface area contributed by atoms with Gasteiger partial charge in [-0.15, -0.1) is 22.7 Å². The van der Waals surface area contributed by atoms with E-state index in [0.717, 1.165) is 56.1 Å². The molecule has 216 valence electrons. The van der Waals surface area contributed by atoms with E-state index in [0.29, 0.717) is 41.0 Å². The Morgan fingerprint density at radius 3 is 2.17 bits per heavy atom. The number of aromatic carboxylic acids is 1. The first kappa shape index (κ1) is 30.3. The van der Waals surface area contributed by atoms with Crippen molar-refractivity contribution in [1.82, 2.24) is 10.1 Å². The number of aryl methyl sites for hydroxylation is 4. The third-order valence-corrected chi connectivity index (χ3v) is 8.47. The van der Waals surface area contributed by atoms with E-state index in [9.17, 15) is 14.4 Å². The van der Waals surface area contributed by atoms with Crippen LogP contribution >= 0.6 is 22.7 Å². The molecule has 1 N–H and O–H groups in total. The second-order valence-corrected chi connectivity index (χ2v) is 12.1. The lowest BCUT2D eigenvalue weighted by Gasteiger charge is -2.18. The smallest absolute Gasteiger partial charge is 0.345 e. The molecule has 1 aliphatic heterocycles. The van der Waals surface area contributed by atoms with Gasteiger partial charge in [0.15, 0.2) is 18.4 Å². The van der Waals surface area contributed by atoms with Crippen LogP contribution in [0.2, 0.25) is 0 Å². The average Bonchev–Trinajstić information content (AvgIpc) is 3.69. The summed E-state index contributed by atoms with van der Waals surface area (Å²) in [5, 5.41) is 12.6. The molecule has 1 atom stereocenters. The van der Waals surface area contributed by atoms with Gasteiger partial charge in [0.1, 0.15) is 23.3 Å². The molecule has 3 aromatic heterocycles. The van der Waals surface area contributed by atoms with Crippen molar-refractivity contribution in [1.29, 1.82) is 0 Å². The first-order valence-electron chi connectivity index (χ1n) is 12.7. The second-order valence-electron chi connectivity index (χ2n) is 9.98. The fourth-order valence-corrected chi connectivity index (χ4v) is 5.95. The van der Waals surface area contributed by atoms with Gasteiger partial charge in [-0.3, -0.25) is 9.59 Å². The number of aldehydes is 2. The third kappa shape index (κ3) is 7.14. The largest absolute Gasteiger partial charge is 0.490 e. The van der Waals surface area contributed by atoms with Crippen LogP contribution in [0.5, 0.6) is 5.75 Å². The quantitative estimate of drug-likeness (QED) is 0.230. The summed E-state index contributed by atoms with van der Waals surface area (Å²) in [7, 11) is 0. The molecule has 41 heavy (non-hydrogen) atoms. The summed E-state index contributed by atoms with van der Waals surface area (Å²) in [5.74, 6) is 0.177. The van der Waals surface area contributed by atoms with Crippen molar-refractivity contribution in [3.8, 4) is 27.9 Å². The SMILES string of the molecule is Cc1cc(-c2nc(-c3cc(C)c(OCC4COC(C)(C)O4)c(C)c3)no2)sc1C=O.Cc1cc(C(=O)O)sc1C=O. The number of ether oxygens (including phenoxy) is 3. The van der Waals surface area contributed by atoms with Gasteiger partial charge < -0.3 is 23.8 Å². The predicted molar refractivity (Wildman–Crippen MR) is 154 cm³/mol. The number of hydrogen-bond donors (Lipinski definition) is 1. The fraction of sp³-hybridized carbons (Fsp3) is 0.345. The van der Waals surface area contributed by atoms with Gasteiger partial charge in [-0.05, 0) is 88.1 Å². The normalized spacial score (nSPS) is 15.7. The van der Waals surface area contributed by atoms with Crippen molar-refractivity contribution in [2.75, 3.05) is 13.2 Å². The number of benzene rings is 1. The first-order valence-corrected chi connectivity index (χ1v) is 14.3. The molecule has 4 heterocycles. The summed E-state index contributed by atoms with van der Waals surface area (Å²) < 4.78 is 22.9. The highest BCUT2D eigenvalue weighted by Crippen LogP contribution is 2.33. The lowest BCUT2D eigenvalue weighted by Crippen LogP contribution is -2.25. The van der Waals surface area contributed by atoms with E-state index in [-0.39, 0.29) is 11.0 Å². The van der Waals surface area contributed by atoms with Crippen molar-refractivity contribution in [2.24, 2.45) is 0 Å². The summed E-state index contributed by atoms with van der Waals surface area (Å²) in [6.07, 6.45) is 1.42. The Morgan fingerprint density at radius 2 is 1.66 bits per heavy atom. The van der Waals surface area contributed by atoms with Crippen molar-refractivity contribution in [3.05, 3.63) is 61.2 Å². The monoisotopic (exact) mass is 598 g/mol. The third-order valence-electron chi connectivity index (χ3n) is 6.17. The molecule has 0 radical (unpaired) electrons. The topological polar surface area (TPSA) is 138 Å². The molecule has 10 nitrogen and oxygen atoms in total. The Morgan fingerprint density at radius 1 is 1.02 bits per heavy atom. The van der Waals surface area contributed by atoms with Gasteiger partial charge in [0.2, 0.25) is 5.82 Å². The summed E-state index contributed by atoms with van der Waals surface area (Å²) in [4.78, 5) is 38.4. The van der Waals surface area contributed by atoms with Crippen LogP contribution in [0, 0.1) is 27.7 Å². The Bertz CT molecular complexity index is 1560. The molecule has 1 aliphatic rings. The van der Waals surface area contributed by atoms with E-state index >= 15 is 0 Å². The van der Waals surface area contributed by atoms with Crippen LogP contribution in [-0.4, -0.2) is 58.9 Å². The number of nitrogens with zero attached hydrogens (tertiary/aromatic N) is 2. The van der Waals surface area contributed by atoms with Crippen molar-refractivity contribution in [3.63, 3.8) is 0 Å². The molecule has 0 saturated carbocycles. The minimum Gasteiger partial charge on any atom is -0.490 e. The lowest BCUT2D eigenvalue weighted by molar-refractivity contribution is -0.141. The molecule has 12 heteroatoms. The van der Waals surface area contributed by atoms with Crippen molar-refractivity contribution >= 4 is 41.2 Å². The molecule has 5 rings (SSSR count). The highest BCUT2D eigenvalue weighted by atomic mass is 32.1. The number of hydrogen-bond acceptors (Lipinski definition) is 11. The Labute approximate surface area is 244 Å². The standard InChI is InChI=1S/C22H24N2O5S.C7H6O3S/c1-12-8-17(30-18(12)9-25)21-23-20(24-29-21)15-6-13(2)19(14(3)7-15)26-10-16-11-27-22(4,5)28-16;1-4-2-5(7(9)10)11-6(4)3-8/h6-9,16H,10-11H2,1-5H3;2-3H,1H3,(H,9,10). The van der Waals surface area contributed by atoms with Crippen LogP contribution in [0.1, 0.15) is 65.1 Å². The Balaban J connectivity index is 0.000000296. The second kappa shape index (κ2) is 12.4. The zero-order valence-electron chi connectivity index (χ0n) is 23.5. The number of carboxylic acid groups (broad SMARTS) is 1. The maximum absolute atomic E-state index is 11.1. The maximum atomic E-state index is 11.1. The van der Waals surface area contributed by atoms with E-state index in [1.807, 2.05) is 52.8 Å². The van der Waals surface area contributed by atoms with Crippen LogP contribution in [0.4, 0.5) is 0 Å². The molecule has 0 bridgehead atoms. The van der Waals surface area contributed by atoms with Crippen LogP contribution < -0.4 is 4.74 Å². The highest BCUT2D eigenvalue weighted by Gasteiger charge is 2.33. The summed E-state index contributed by atoms with van der Waals surface area (Å²) in [5.41, 5.74) is 4.42. The molecule has 0 amide bonds. The number of carbonyl (C=O) groups excluding carboxylic acids is 2. The van der Waals surface area contributed by atoms with E-state index in [1.54, 1.807) is 6.92 Å². The molecule has 0 spiro atoms. The maximum Gasteiger partial charge on any atom is 0.345 e. The van der Waals surface area contributed by atoms with Crippen molar-refractivity contribution in [2.45, 2.75) is 53.4 Å². The summed E-state index contributed by atoms with van der Waals surface area (Å²) in [6.45, 7) is 12.3. The van der Waals surface area contributed by atoms with E-state index < -0.39 is 11.8 Å². The van der Waals surface area contributed by atoms with Crippen molar-refractivity contribution < 1.29 is 38.2 Å². The molecule has 1 aromatic carbocycles. The molecule has 1 fully saturated rings. The molecular weight excluding hydrogens is 568 g/mol. The average molecular weight is 599 g/mol. The lowest BCUT2D eigenvalue weighted by atomic mass is 10.1. The van der Waals surface area contributed by atoms with Crippen LogP contribution in [0.25, 0.3) is 22.2 Å². The number of rotatable bonds is 8. The number of aromatic nitrogens is 2. The molecular formula is C29H30N2O8S2. The predicted octanol–water partition coefficient (Wildman–Crippen LogP) is 6.30. The van der Waals surface area contributed by atoms with Gasteiger partial charge in [0, 0.05) is 5.56 Å². The fourth-order valence-electron chi connectivity index (χ4n) is 4.21. The van der Waals surface area contributed by atoms with Gasteiger partial charge in [0.25, 0.3) is 5.89 Å². The minimum atomic E-state index is -0.980. The Kier molecular flexibility index (Phi) is 9.17. The highest BCUT2D eigenvalue weighted by molar-refractivity contribution is 7.17. The summed E-state index contributed by atoms with van der Waals surface area (Å²) in [6, 6.07) is 7.33. The van der Waals surface area contributed by atoms with Gasteiger partial charge in [-0.1, -0.05) is 5.16 Å². The van der Waals surface area contributed by atoms with Crippen LogP contribution in [0.3, 0.4) is 0 Å². The van der Waals surface area contributed by atoms with E-state index in [4.69, 9.17) is 23.8 Å². The van der Waals surface area contributed by atoms with E-state index in [2.05, 4.69) is 10.1 Å². The van der Waals surface area contributed by atoms with Gasteiger partial charge in [-0.25, -0.2) is 4.79 Å². The van der Waals surface area contributed by atoms with Crippen LogP contribution in [0.15, 0.2) is 28.8 Å². The molecule has 4 aromatic rings. The molecule has 1 unspecified atom stereocenters. The molecule has 1 saturated heterocycles. The number of thiophene rings is 2. The zero-order chi connectivity index (χ0) is 29.9. The van der Waals surface area contributed by atoms with Gasteiger partial charge >= 0.3 is 5.97 Å². The number of carboxylic acids is 1. The van der Waals surface area contributed by atoms with Gasteiger partial charge in [-0.2, -0.15) is 4.98 Å².